The first-order chi connectivity index (χ1) is 13.5. The van der Waals surface area contributed by atoms with Crippen molar-refractivity contribution >= 4 is 18.0 Å². The van der Waals surface area contributed by atoms with Crippen molar-refractivity contribution in [2.24, 2.45) is 17.8 Å². The maximum atomic E-state index is 12.0. The van der Waals surface area contributed by atoms with Crippen LogP contribution >= 0.6 is 0 Å². The lowest BCUT2D eigenvalue weighted by molar-refractivity contribution is -0.345. The van der Waals surface area contributed by atoms with Gasteiger partial charge in [-0.25, -0.2) is 4.79 Å². The molecule has 0 bridgehead atoms. The van der Waals surface area contributed by atoms with E-state index in [1.807, 2.05) is 6.92 Å². The number of carbonyl (C=O) groups is 3. The molecule has 0 heterocycles. The molecule has 2 fully saturated rings. The van der Waals surface area contributed by atoms with E-state index in [2.05, 4.69) is 5.32 Å². The molecule has 2 aliphatic rings. The van der Waals surface area contributed by atoms with Crippen LogP contribution < -0.4 is 5.32 Å². The molecular weight excluding hydrogens is 366 g/mol. The van der Waals surface area contributed by atoms with Gasteiger partial charge < -0.3 is 15.2 Å². The Labute approximate surface area is 166 Å². The Hall–Kier alpha value is -1.83. The van der Waals surface area contributed by atoms with Crippen molar-refractivity contribution in [2.45, 2.75) is 83.8 Å². The predicted octanol–water partition coefficient (Wildman–Crippen LogP) is 3.78. The van der Waals surface area contributed by atoms with E-state index in [1.54, 1.807) is 0 Å². The number of carboxylic acid groups (broad SMARTS) is 1. The normalized spacial score (nSPS) is 24.2. The Morgan fingerprint density at radius 1 is 1.04 bits per heavy atom. The van der Waals surface area contributed by atoms with Crippen molar-refractivity contribution in [2.75, 3.05) is 6.54 Å². The zero-order valence-corrected chi connectivity index (χ0v) is 16.7. The molecule has 2 N–H and O–H groups in total. The van der Waals surface area contributed by atoms with E-state index in [0.29, 0.717) is 32.2 Å². The minimum Gasteiger partial charge on any atom is -0.481 e. The molecule has 2 aliphatic carbocycles. The van der Waals surface area contributed by atoms with Crippen molar-refractivity contribution in [1.29, 1.82) is 0 Å². The molecule has 160 valence electrons. The predicted molar refractivity (Wildman–Crippen MR) is 100 cm³/mol. The average molecular weight is 399 g/mol. The third kappa shape index (κ3) is 7.66. The Morgan fingerprint density at radius 2 is 1.71 bits per heavy atom. The molecule has 2 saturated carbocycles. The number of amides is 1. The van der Waals surface area contributed by atoms with Gasteiger partial charge in [0.1, 0.15) is 0 Å². The molecule has 28 heavy (non-hydrogen) atoms. The summed E-state index contributed by atoms with van der Waals surface area (Å²) in [5.41, 5.74) is 0. The molecule has 0 aromatic rings. The number of ether oxygens (including phenoxy) is 1. The molecule has 0 saturated heterocycles. The fourth-order valence-electron chi connectivity index (χ4n) is 3.96. The van der Waals surface area contributed by atoms with E-state index < -0.39 is 18.4 Å². The first-order valence-electron chi connectivity index (χ1n) is 10.5. The van der Waals surface area contributed by atoms with Gasteiger partial charge in [-0.1, -0.05) is 26.2 Å². The van der Waals surface area contributed by atoms with E-state index in [-0.39, 0.29) is 23.7 Å². The van der Waals surface area contributed by atoms with Gasteiger partial charge in [0.2, 0.25) is 6.29 Å². The largest absolute Gasteiger partial charge is 0.481 e. The number of rotatable bonds is 9. The van der Waals surface area contributed by atoms with Gasteiger partial charge in [-0.3, -0.25) is 14.5 Å². The van der Waals surface area contributed by atoms with Crippen molar-refractivity contribution < 1.29 is 34.0 Å². The number of hydrogen-bond donors (Lipinski definition) is 2. The average Bonchev–Trinajstić information content (AvgIpc) is 2.70. The molecule has 0 radical (unpaired) electrons. The van der Waals surface area contributed by atoms with Gasteiger partial charge in [0, 0.05) is 18.9 Å². The highest BCUT2D eigenvalue weighted by Gasteiger charge is 2.30. The van der Waals surface area contributed by atoms with Crippen LogP contribution in [0.2, 0.25) is 0 Å². The summed E-state index contributed by atoms with van der Waals surface area (Å²) >= 11 is 0. The molecule has 0 aromatic heterocycles. The lowest BCUT2D eigenvalue weighted by atomic mass is 9.82. The minimum atomic E-state index is -0.865. The molecular formula is C20H33NO7. The van der Waals surface area contributed by atoms with Crippen LogP contribution in [0.3, 0.4) is 0 Å². The molecule has 8 nitrogen and oxygen atoms in total. The number of hydrogen-bond acceptors (Lipinski definition) is 6. The second kappa shape index (κ2) is 11.9. The molecule has 1 atom stereocenters. The maximum Gasteiger partial charge on any atom is 0.438 e. The van der Waals surface area contributed by atoms with E-state index in [4.69, 9.17) is 19.6 Å². The Balaban J connectivity index is 1.72. The minimum absolute atomic E-state index is 0.0358. The van der Waals surface area contributed by atoms with Crippen LogP contribution in [0.5, 0.6) is 0 Å². The van der Waals surface area contributed by atoms with Gasteiger partial charge >= 0.3 is 18.0 Å². The lowest BCUT2D eigenvalue weighted by Gasteiger charge is -2.28. The van der Waals surface area contributed by atoms with Gasteiger partial charge in [-0.15, -0.1) is 4.89 Å². The fourth-order valence-corrected chi connectivity index (χ4v) is 3.96. The van der Waals surface area contributed by atoms with Crippen molar-refractivity contribution in [1.82, 2.24) is 5.32 Å². The summed E-state index contributed by atoms with van der Waals surface area (Å²) in [6, 6.07) is 0. The van der Waals surface area contributed by atoms with E-state index in [9.17, 15) is 14.4 Å². The molecule has 0 aliphatic heterocycles. The molecule has 8 heteroatoms. The smallest absolute Gasteiger partial charge is 0.438 e. The van der Waals surface area contributed by atoms with Crippen molar-refractivity contribution in [3.63, 3.8) is 0 Å². The third-order valence-electron chi connectivity index (χ3n) is 5.69. The monoisotopic (exact) mass is 399 g/mol. The first kappa shape index (κ1) is 22.5. The van der Waals surface area contributed by atoms with Crippen LogP contribution in [0, 0.1) is 17.8 Å². The summed E-state index contributed by atoms with van der Waals surface area (Å²) in [7, 11) is 0. The van der Waals surface area contributed by atoms with Crippen LogP contribution in [0.25, 0.3) is 0 Å². The molecule has 2 rings (SSSR count). The fraction of sp³-hybridized carbons (Fsp3) is 0.850. The van der Waals surface area contributed by atoms with E-state index >= 15 is 0 Å². The van der Waals surface area contributed by atoms with Gasteiger partial charge in [0.25, 0.3) is 0 Å². The summed E-state index contributed by atoms with van der Waals surface area (Å²) in [6.07, 6.45) is 7.18. The summed E-state index contributed by atoms with van der Waals surface area (Å²) in [4.78, 5) is 44.9. The van der Waals surface area contributed by atoms with Crippen LogP contribution in [0.4, 0.5) is 4.79 Å². The lowest BCUT2D eigenvalue weighted by Crippen LogP contribution is -2.36. The second-order valence-corrected chi connectivity index (χ2v) is 7.91. The maximum absolute atomic E-state index is 12.0. The van der Waals surface area contributed by atoms with Gasteiger partial charge in [-0.05, 0) is 50.9 Å². The van der Waals surface area contributed by atoms with Crippen LogP contribution in [0.1, 0.15) is 77.6 Å². The van der Waals surface area contributed by atoms with Crippen molar-refractivity contribution in [3.8, 4) is 0 Å². The number of nitrogens with one attached hydrogen (secondary N) is 1. The van der Waals surface area contributed by atoms with Crippen LogP contribution in [0.15, 0.2) is 0 Å². The summed E-state index contributed by atoms with van der Waals surface area (Å²) < 4.78 is 5.39. The van der Waals surface area contributed by atoms with E-state index in [1.165, 1.54) is 0 Å². The molecule has 1 amide bonds. The summed E-state index contributed by atoms with van der Waals surface area (Å²) in [5.74, 6) is -1.10. The van der Waals surface area contributed by atoms with Crippen LogP contribution in [-0.4, -0.2) is 36.0 Å². The zero-order chi connectivity index (χ0) is 20.4. The standard InChI is InChI=1S/C20H33NO7/c1-2-6-17(22)26-19(16-7-4-3-5-8-16)27-28-20(25)21-13-14-9-11-15(12-10-14)18(23)24/h14-16,19H,2-13H2,1H3,(H,21,25)(H,23,24). The summed E-state index contributed by atoms with van der Waals surface area (Å²) in [6.45, 7) is 2.31. The van der Waals surface area contributed by atoms with Crippen LogP contribution in [-0.2, 0) is 24.1 Å². The SMILES string of the molecule is CCCC(=O)OC(OOC(=O)NCC1CCC(C(=O)O)CC1)C1CCCCC1. The third-order valence-corrected chi connectivity index (χ3v) is 5.69. The first-order valence-corrected chi connectivity index (χ1v) is 10.5. The second-order valence-electron chi connectivity index (χ2n) is 7.91. The van der Waals surface area contributed by atoms with Gasteiger partial charge in [-0.2, -0.15) is 0 Å². The number of carbonyl (C=O) groups excluding carboxylic acids is 2. The van der Waals surface area contributed by atoms with Crippen molar-refractivity contribution in [3.05, 3.63) is 0 Å². The highest BCUT2D eigenvalue weighted by atomic mass is 17.2. The number of aliphatic carboxylic acids is 1. The molecule has 1 unspecified atom stereocenters. The Bertz CT molecular complexity index is 511. The topological polar surface area (TPSA) is 111 Å². The Kier molecular flexibility index (Phi) is 9.54. The zero-order valence-electron chi connectivity index (χ0n) is 16.7. The highest BCUT2D eigenvalue weighted by molar-refractivity contribution is 5.70. The van der Waals surface area contributed by atoms with Gasteiger partial charge in [0.05, 0.1) is 5.92 Å². The highest BCUT2D eigenvalue weighted by Crippen LogP contribution is 2.30. The Morgan fingerprint density at radius 3 is 2.32 bits per heavy atom. The number of carboxylic acids is 1. The van der Waals surface area contributed by atoms with E-state index in [0.717, 1.165) is 44.9 Å². The molecule has 0 spiro atoms. The summed E-state index contributed by atoms with van der Waals surface area (Å²) in [5, 5.41) is 11.7. The quantitative estimate of drug-likeness (QED) is 0.263. The van der Waals surface area contributed by atoms with Gasteiger partial charge in [0.15, 0.2) is 0 Å². The molecule has 0 aromatic carbocycles. The number of esters is 1.